The fraction of sp³-hybridized carbons (Fsp3) is 0.583. The van der Waals surface area contributed by atoms with Crippen LogP contribution in [0.3, 0.4) is 0 Å². The average molecular weight is 206 g/mol. The van der Waals surface area contributed by atoms with Gasteiger partial charge >= 0.3 is 0 Å². The molecule has 1 saturated carbocycles. The van der Waals surface area contributed by atoms with Crippen LogP contribution in [-0.2, 0) is 0 Å². The highest BCUT2D eigenvalue weighted by Crippen LogP contribution is 2.25. The van der Waals surface area contributed by atoms with Gasteiger partial charge in [-0.3, -0.25) is 4.98 Å². The SMILES string of the molecule is CN(CCCOc1cccnc1)C1CC1. The summed E-state index contributed by atoms with van der Waals surface area (Å²) in [5, 5.41) is 0. The first kappa shape index (κ1) is 10.4. The number of hydrogen-bond acceptors (Lipinski definition) is 3. The van der Waals surface area contributed by atoms with Gasteiger partial charge in [0.05, 0.1) is 12.8 Å². The van der Waals surface area contributed by atoms with E-state index in [9.17, 15) is 0 Å². The molecule has 1 aliphatic carbocycles. The highest BCUT2D eigenvalue weighted by molar-refractivity contribution is 5.15. The van der Waals surface area contributed by atoms with Crippen molar-refractivity contribution in [3.63, 3.8) is 0 Å². The number of rotatable bonds is 6. The lowest BCUT2D eigenvalue weighted by Crippen LogP contribution is -2.23. The minimum Gasteiger partial charge on any atom is -0.492 e. The molecule has 0 atom stereocenters. The van der Waals surface area contributed by atoms with Gasteiger partial charge in [-0.05, 0) is 38.4 Å². The molecule has 0 aromatic carbocycles. The van der Waals surface area contributed by atoms with Gasteiger partial charge in [0.25, 0.3) is 0 Å². The van der Waals surface area contributed by atoms with Crippen molar-refractivity contribution in [1.82, 2.24) is 9.88 Å². The fourth-order valence-corrected chi connectivity index (χ4v) is 1.63. The van der Waals surface area contributed by atoms with Crippen LogP contribution in [0.5, 0.6) is 5.75 Å². The Hall–Kier alpha value is -1.09. The van der Waals surface area contributed by atoms with E-state index in [1.54, 1.807) is 12.4 Å². The van der Waals surface area contributed by atoms with Gasteiger partial charge in [0.1, 0.15) is 5.75 Å². The van der Waals surface area contributed by atoms with Gasteiger partial charge in [0, 0.05) is 18.8 Å². The zero-order valence-electron chi connectivity index (χ0n) is 9.22. The van der Waals surface area contributed by atoms with Gasteiger partial charge in [0.2, 0.25) is 0 Å². The topological polar surface area (TPSA) is 25.4 Å². The number of aromatic nitrogens is 1. The highest BCUT2D eigenvalue weighted by atomic mass is 16.5. The minimum atomic E-state index is 0.781. The van der Waals surface area contributed by atoms with Gasteiger partial charge in [-0.2, -0.15) is 0 Å². The first-order valence-corrected chi connectivity index (χ1v) is 5.59. The number of pyridine rings is 1. The van der Waals surface area contributed by atoms with E-state index in [1.165, 1.54) is 12.8 Å². The van der Waals surface area contributed by atoms with Crippen molar-refractivity contribution < 1.29 is 4.74 Å². The lowest BCUT2D eigenvalue weighted by Gasteiger charge is -2.15. The van der Waals surface area contributed by atoms with Gasteiger partial charge in [0.15, 0.2) is 0 Å². The van der Waals surface area contributed by atoms with Crippen LogP contribution in [0.15, 0.2) is 24.5 Å². The molecule has 1 aromatic heterocycles. The van der Waals surface area contributed by atoms with Crippen LogP contribution in [0.1, 0.15) is 19.3 Å². The van der Waals surface area contributed by atoms with Gasteiger partial charge in [-0.25, -0.2) is 0 Å². The number of ether oxygens (including phenoxy) is 1. The van der Waals surface area contributed by atoms with E-state index in [-0.39, 0.29) is 0 Å². The van der Waals surface area contributed by atoms with Crippen LogP contribution in [0.25, 0.3) is 0 Å². The summed E-state index contributed by atoms with van der Waals surface area (Å²) in [6, 6.07) is 4.69. The molecule has 0 amide bonds. The zero-order chi connectivity index (χ0) is 10.5. The molecule has 82 valence electrons. The van der Waals surface area contributed by atoms with Crippen LogP contribution in [0, 0.1) is 0 Å². The van der Waals surface area contributed by atoms with Crippen molar-refractivity contribution in [2.24, 2.45) is 0 Å². The summed E-state index contributed by atoms with van der Waals surface area (Å²) < 4.78 is 5.57. The molecule has 2 rings (SSSR count). The molecule has 3 nitrogen and oxygen atoms in total. The summed E-state index contributed by atoms with van der Waals surface area (Å²) in [6.07, 6.45) is 7.35. The maximum Gasteiger partial charge on any atom is 0.137 e. The maximum absolute atomic E-state index is 5.57. The van der Waals surface area contributed by atoms with Crippen molar-refractivity contribution in [3.8, 4) is 5.75 Å². The van der Waals surface area contributed by atoms with Crippen molar-refractivity contribution in [2.75, 3.05) is 20.2 Å². The van der Waals surface area contributed by atoms with Crippen LogP contribution < -0.4 is 4.74 Å². The standard InChI is InChI=1S/C12H18N2O/c1-14(11-5-6-11)8-3-9-15-12-4-2-7-13-10-12/h2,4,7,10-11H,3,5-6,8-9H2,1H3. The van der Waals surface area contributed by atoms with E-state index < -0.39 is 0 Å². The van der Waals surface area contributed by atoms with Gasteiger partial charge in [-0.15, -0.1) is 0 Å². The normalized spacial score (nSPS) is 15.6. The molecule has 0 bridgehead atoms. The molecule has 0 saturated heterocycles. The largest absolute Gasteiger partial charge is 0.492 e. The Kier molecular flexibility index (Phi) is 3.56. The Bertz CT molecular complexity index is 285. The predicted octanol–water partition coefficient (Wildman–Crippen LogP) is 1.94. The quantitative estimate of drug-likeness (QED) is 0.665. The second-order valence-electron chi connectivity index (χ2n) is 4.10. The Labute approximate surface area is 91.1 Å². The third-order valence-corrected chi connectivity index (χ3v) is 2.73. The molecule has 1 aromatic rings. The number of nitrogens with zero attached hydrogens (tertiary/aromatic N) is 2. The van der Waals surface area contributed by atoms with Crippen molar-refractivity contribution in [1.29, 1.82) is 0 Å². The lowest BCUT2D eigenvalue weighted by molar-refractivity contribution is 0.257. The molecule has 0 unspecified atom stereocenters. The van der Waals surface area contributed by atoms with E-state index in [4.69, 9.17) is 4.74 Å². The molecule has 0 N–H and O–H groups in total. The Morgan fingerprint density at radius 2 is 2.40 bits per heavy atom. The first-order chi connectivity index (χ1) is 7.36. The number of hydrogen-bond donors (Lipinski definition) is 0. The second-order valence-corrected chi connectivity index (χ2v) is 4.10. The molecule has 1 fully saturated rings. The smallest absolute Gasteiger partial charge is 0.137 e. The second kappa shape index (κ2) is 5.12. The fourth-order valence-electron chi connectivity index (χ4n) is 1.63. The maximum atomic E-state index is 5.57. The van der Waals surface area contributed by atoms with Gasteiger partial charge < -0.3 is 9.64 Å². The molecular formula is C12H18N2O. The monoisotopic (exact) mass is 206 g/mol. The predicted molar refractivity (Wildman–Crippen MR) is 60.0 cm³/mol. The lowest BCUT2D eigenvalue weighted by atomic mass is 10.4. The van der Waals surface area contributed by atoms with Crippen molar-refractivity contribution in [2.45, 2.75) is 25.3 Å². The summed E-state index contributed by atoms with van der Waals surface area (Å²) in [5.74, 6) is 0.867. The van der Waals surface area contributed by atoms with Crippen molar-refractivity contribution in [3.05, 3.63) is 24.5 Å². The Balaban J connectivity index is 1.58. The summed E-state index contributed by atoms with van der Waals surface area (Å²) in [4.78, 5) is 6.42. The zero-order valence-corrected chi connectivity index (χ0v) is 9.22. The van der Waals surface area contributed by atoms with Crippen LogP contribution in [-0.4, -0.2) is 36.1 Å². The highest BCUT2D eigenvalue weighted by Gasteiger charge is 2.25. The van der Waals surface area contributed by atoms with E-state index in [1.807, 2.05) is 12.1 Å². The summed E-state index contributed by atoms with van der Waals surface area (Å²) in [6.45, 7) is 1.91. The van der Waals surface area contributed by atoms with Gasteiger partial charge in [-0.1, -0.05) is 0 Å². The molecule has 0 radical (unpaired) electrons. The summed E-state index contributed by atoms with van der Waals surface area (Å²) >= 11 is 0. The average Bonchev–Trinajstić information content (AvgIpc) is 3.09. The molecule has 1 aliphatic rings. The van der Waals surface area contributed by atoms with E-state index >= 15 is 0 Å². The van der Waals surface area contributed by atoms with E-state index in [0.29, 0.717) is 0 Å². The third kappa shape index (κ3) is 3.51. The van der Waals surface area contributed by atoms with Crippen LogP contribution in [0.4, 0.5) is 0 Å². The van der Waals surface area contributed by atoms with Crippen LogP contribution in [0.2, 0.25) is 0 Å². The van der Waals surface area contributed by atoms with Crippen molar-refractivity contribution >= 4 is 0 Å². The Morgan fingerprint density at radius 3 is 3.07 bits per heavy atom. The minimum absolute atomic E-state index is 0.781. The third-order valence-electron chi connectivity index (χ3n) is 2.73. The summed E-state index contributed by atoms with van der Waals surface area (Å²) in [7, 11) is 2.20. The molecule has 0 spiro atoms. The molecular weight excluding hydrogens is 188 g/mol. The molecule has 15 heavy (non-hydrogen) atoms. The Morgan fingerprint density at radius 1 is 1.53 bits per heavy atom. The van der Waals surface area contributed by atoms with E-state index in [2.05, 4.69) is 16.9 Å². The molecule has 1 heterocycles. The van der Waals surface area contributed by atoms with E-state index in [0.717, 1.165) is 31.4 Å². The molecule has 0 aliphatic heterocycles. The molecule has 3 heteroatoms. The summed E-state index contributed by atoms with van der Waals surface area (Å²) in [5.41, 5.74) is 0. The first-order valence-electron chi connectivity index (χ1n) is 5.59. The van der Waals surface area contributed by atoms with Crippen LogP contribution >= 0.6 is 0 Å².